The fourth-order valence-electron chi connectivity index (χ4n) is 1.82. The lowest BCUT2D eigenvalue weighted by molar-refractivity contribution is -0.144. The number of anilines is 1. The molecule has 112 valence electrons. The lowest BCUT2D eigenvalue weighted by Crippen LogP contribution is -2.10. The lowest BCUT2D eigenvalue weighted by atomic mass is 10.0. The van der Waals surface area contributed by atoms with E-state index in [4.69, 9.17) is 4.74 Å². The summed E-state index contributed by atoms with van der Waals surface area (Å²) in [7, 11) is 3.94. The Morgan fingerprint density at radius 2 is 1.95 bits per heavy atom. The minimum Gasteiger partial charge on any atom is -0.466 e. The van der Waals surface area contributed by atoms with Gasteiger partial charge in [-0.25, -0.2) is 0 Å². The normalized spacial score (nSPS) is 12.0. The Kier molecular flexibility index (Phi) is 7.09. The number of ether oxygens (including phenoxy) is 1. The van der Waals surface area contributed by atoms with Crippen molar-refractivity contribution in [3.8, 4) is 0 Å². The number of carbonyl (C=O) groups excluding carboxylic acids is 1. The molecule has 1 rings (SSSR count). The van der Waals surface area contributed by atoms with Crippen LogP contribution in [0.25, 0.3) is 0 Å². The molecule has 1 N–H and O–H groups in total. The summed E-state index contributed by atoms with van der Waals surface area (Å²) in [5.74, 6) is -0.234. The smallest absolute Gasteiger partial charge is 0.305 e. The SMILES string of the molecule is CCCCOC(=O)CCC(O)c1ccc(N(C)C)cc1. The molecule has 1 aromatic carbocycles. The summed E-state index contributed by atoms with van der Waals surface area (Å²) in [5, 5.41) is 10.0. The molecule has 1 unspecified atom stereocenters. The Balaban J connectivity index is 2.38. The first kappa shape index (κ1) is 16.5. The Morgan fingerprint density at radius 3 is 2.50 bits per heavy atom. The van der Waals surface area contributed by atoms with Crippen molar-refractivity contribution in [2.75, 3.05) is 25.6 Å². The van der Waals surface area contributed by atoms with Crippen LogP contribution in [0.2, 0.25) is 0 Å². The number of nitrogens with zero attached hydrogens (tertiary/aromatic N) is 1. The van der Waals surface area contributed by atoms with Crippen LogP contribution in [0.5, 0.6) is 0 Å². The number of benzene rings is 1. The summed E-state index contributed by atoms with van der Waals surface area (Å²) in [5.41, 5.74) is 1.91. The van der Waals surface area contributed by atoms with Gasteiger partial charge >= 0.3 is 5.97 Å². The summed E-state index contributed by atoms with van der Waals surface area (Å²) < 4.78 is 5.06. The van der Waals surface area contributed by atoms with Crippen molar-refractivity contribution in [2.45, 2.75) is 38.7 Å². The third-order valence-corrected chi connectivity index (χ3v) is 3.18. The second kappa shape index (κ2) is 8.59. The maximum absolute atomic E-state index is 11.5. The molecule has 0 radical (unpaired) electrons. The number of esters is 1. The minimum absolute atomic E-state index is 0.234. The van der Waals surface area contributed by atoms with Gasteiger partial charge in [0, 0.05) is 26.2 Å². The highest BCUT2D eigenvalue weighted by Crippen LogP contribution is 2.21. The monoisotopic (exact) mass is 279 g/mol. The van der Waals surface area contributed by atoms with Gasteiger partial charge in [0.1, 0.15) is 0 Å². The summed E-state index contributed by atoms with van der Waals surface area (Å²) in [4.78, 5) is 13.5. The zero-order chi connectivity index (χ0) is 15.0. The summed E-state index contributed by atoms with van der Waals surface area (Å²) in [6, 6.07) is 7.70. The standard InChI is InChI=1S/C16H25NO3/c1-4-5-12-20-16(19)11-10-15(18)13-6-8-14(9-7-13)17(2)3/h6-9,15,18H,4-5,10-12H2,1-3H3. The third-order valence-electron chi connectivity index (χ3n) is 3.18. The molecule has 0 fully saturated rings. The molecule has 0 bridgehead atoms. The molecule has 4 nitrogen and oxygen atoms in total. The Bertz CT molecular complexity index is 401. The Morgan fingerprint density at radius 1 is 1.30 bits per heavy atom. The second-order valence-corrected chi connectivity index (χ2v) is 5.11. The molecule has 0 heterocycles. The minimum atomic E-state index is -0.620. The molecular formula is C16H25NO3. The van der Waals surface area contributed by atoms with Gasteiger partial charge in [-0.15, -0.1) is 0 Å². The fourth-order valence-corrected chi connectivity index (χ4v) is 1.82. The van der Waals surface area contributed by atoms with E-state index in [2.05, 4.69) is 6.92 Å². The first-order chi connectivity index (χ1) is 9.54. The van der Waals surface area contributed by atoms with Gasteiger partial charge in [0.2, 0.25) is 0 Å². The predicted molar refractivity (Wildman–Crippen MR) is 80.8 cm³/mol. The van der Waals surface area contributed by atoms with Gasteiger partial charge in [-0.3, -0.25) is 4.79 Å². The molecule has 0 spiro atoms. The van der Waals surface area contributed by atoms with Gasteiger partial charge in [-0.05, 0) is 30.5 Å². The van der Waals surface area contributed by atoms with E-state index in [9.17, 15) is 9.90 Å². The van der Waals surface area contributed by atoms with Crippen molar-refractivity contribution < 1.29 is 14.6 Å². The van der Waals surface area contributed by atoms with E-state index >= 15 is 0 Å². The molecule has 0 amide bonds. The maximum atomic E-state index is 11.5. The molecule has 0 aliphatic carbocycles. The van der Waals surface area contributed by atoms with E-state index < -0.39 is 6.10 Å². The van der Waals surface area contributed by atoms with Crippen LogP contribution in [0, 0.1) is 0 Å². The number of rotatable bonds is 8. The van der Waals surface area contributed by atoms with Gasteiger partial charge in [0.05, 0.1) is 12.7 Å². The Labute approximate surface area is 121 Å². The van der Waals surface area contributed by atoms with E-state index in [1.807, 2.05) is 43.3 Å². The number of aliphatic hydroxyl groups excluding tert-OH is 1. The average molecular weight is 279 g/mol. The van der Waals surface area contributed by atoms with E-state index in [1.165, 1.54) is 0 Å². The zero-order valence-electron chi connectivity index (χ0n) is 12.6. The zero-order valence-corrected chi connectivity index (χ0v) is 12.6. The van der Waals surface area contributed by atoms with Gasteiger partial charge in [-0.1, -0.05) is 25.5 Å². The van der Waals surface area contributed by atoms with Crippen molar-refractivity contribution in [1.29, 1.82) is 0 Å². The summed E-state index contributed by atoms with van der Waals surface area (Å²) in [6.45, 7) is 2.53. The molecule has 0 aliphatic heterocycles. The van der Waals surface area contributed by atoms with Crippen molar-refractivity contribution in [2.24, 2.45) is 0 Å². The highest BCUT2D eigenvalue weighted by atomic mass is 16.5. The molecule has 1 aromatic rings. The lowest BCUT2D eigenvalue weighted by Gasteiger charge is -2.15. The molecular weight excluding hydrogens is 254 g/mol. The van der Waals surface area contributed by atoms with Gasteiger partial charge < -0.3 is 14.7 Å². The van der Waals surface area contributed by atoms with Crippen LogP contribution in [-0.2, 0) is 9.53 Å². The fraction of sp³-hybridized carbons (Fsp3) is 0.562. The van der Waals surface area contributed by atoms with Crippen LogP contribution in [-0.4, -0.2) is 31.8 Å². The predicted octanol–water partition coefficient (Wildman–Crippen LogP) is 2.91. The first-order valence-corrected chi connectivity index (χ1v) is 7.15. The van der Waals surface area contributed by atoms with Crippen LogP contribution in [0.1, 0.15) is 44.3 Å². The quantitative estimate of drug-likeness (QED) is 0.587. The Hall–Kier alpha value is -1.55. The van der Waals surface area contributed by atoms with Crippen molar-refractivity contribution in [3.63, 3.8) is 0 Å². The average Bonchev–Trinajstić information content (AvgIpc) is 2.45. The molecule has 0 aromatic heterocycles. The highest BCUT2D eigenvalue weighted by molar-refractivity contribution is 5.69. The van der Waals surface area contributed by atoms with Crippen molar-refractivity contribution in [3.05, 3.63) is 29.8 Å². The van der Waals surface area contributed by atoms with Gasteiger partial charge in [-0.2, -0.15) is 0 Å². The van der Waals surface area contributed by atoms with Crippen molar-refractivity contribution in [1.82, 2.24) is 0 Å². The third kappa shape index (κ3) is 5.61. The number of hydrogen-bond donors (Lipinski definition) is 1. The van der Waals surface area contributed by atoms with E-state index in [1.54, 1.807) is 0 Å². The molecule has 0 saturated heterocycles. The molecule has 0 saturated carbocycles. The van der Waals surface area contributed by atoms with E-state index in [0.29, 0.717) is 13.0 Å². The largest absolute Gasteiger partial charge is 0.466 e. The molecule has 20 heavy (non-hydrogen) atoms. The van der Waals surface area contributed by atoms with Gasteiger partial charge in [0.15, 0.2) is 0 Å². The van der Waals surface area contributed by atoms with Crippen molar-refractivity contribution >= 4 is 11.7 Å². The first-order valence-electron chi connectivity index (χ1n) is 7.15. The van der Waals surface area contributed by atoms with E-state index in [0.717, 1.165) is 24.1 Å². The molecule has 4 heteroatoms. The maximum Gasteiger partial charge on any atom is 0.305 e. The number of carbonyl (C=O) groups is 1. The van der Waals surface area contributed by atoms with Crippen LogP contribution >= 0.6 is 0 Å². The highest BCUT2D eigenvalue weighted by Gasteiger charge is 2.11. The van der Waals surface area contributed by atoms with Crippen LogP contribution in [0.3, 0.4) is 0 Å². The molecule has 1 atom stereocenters. The van der Waals surface area contributed by atoms with Crippen LogP contribution in [0.15, 0.2) is 24.3 Å². The topological polar surface area (TPSA) is 49.8 Å². The number of hydrogen-bond acceptors (Lipinski definition) is 4. The van der Waals surface area contributed by atoms with Crippen LogP contribution in [0.4, 0.5) is 5.69 Å². The van der Waals surface area contributed by atoms with Gasteiger partial charge in [0.25, 0.3) is 0 Å². The second-order valence-electron chi connectivity index (χ2n) is 5.11. The molecule has 0 aliphatic rings. The van der Waals surface area contributed by atoms with E-state index in [-0.39, 0.29) is 12.4 Å². The summed E-state index contributed by atoms with van der Waals surface area (Å²) >= 11 is 0. The van der Waals surface area contributed by atoms with Crippen LogP contribution < -0.4 is 4.90 Å². The number of unbranched alkanes of at least 4 members (excludes halogenated alkanes) is 1. The summed E-state index contributed by atoms with van der Waals surface area (Å²) in [6.07, 6.45) is 1.92. The number of aliphatic hydroxyl groups is 1.